The number of hydrogen-bond acceptors (Lipinski definition) is 5. The molecule has 188 valence electrons. The van der Waals surface area contributed by atoms with Crippen LogP contribution in [0.15, 0.2) is 83.8 Å². The first-order valence-electron chi connectivity index (χ1n) is 11.7. The van der Waals surface area contributed by atoms with Crippen molar-refractivity contribution in [1.29, 1.82) is 0 Å². The molecule has 0 unspecified atom stereocenters. The van der Waals surface area contributed by atoms with Gasteiger partial charge in [0.25, 0.3) is 10.0 Å². The zero-order chi connectivity index (χ0) is 25.7. The molecule has 0 atom stereocenters. The molecule has 3 aromatic rings. The first-order chi connectivity index (χ1) is 17.2. The Kier molecular flexibility index (Phi) is 7.59. The van der Waals surface area contributed by atoms with Crippen molar-refractivity contribution in [2.75, 3.05) is 23.9 Å². The van der Waals surface area contributed by atoms with Crippen LogP contribution in [0.25, 0.3) is 0 Å². The third kappa shape index (κ3) is 5.85. The number of aryl methyl sites for hydroxylation is 1. The average molecular weight is 508 g/mol. The van der Waals surface area contributed by atoms with Crippen molar-refractivity contribution in [2.45, 2.75) is 24.7 Å². The molecule has 0 spiro atoms. The van der Waals surface area contributed by atoms with Crippen molar-refractivity contribution < 1.29 is 22.7 Å². The molecule has 0 radical (unpaired) electrons. The maximum Gasteiger partial charge on any atom is 0.264 e. The van der Waals surface area contributed by atoms with Gasteiger partial charge in [-0.05, 0) is 68.3 Å². The summed E-state index contributed by atoms with van der Waals surface area (Å²) in [4.78, 5) is 26.3. The highest BCUT2D eigenvalue weighted by Gasteiger charge is 2.31. The van der Waals surface area contributed by atoms with E-state index in [9.17, 15) is 18.0 Å². The lowest BCUT2D eigenvalue weighted by Gasteiger charge is -2.33. The van der Waals surface area contributed by atoms with E-state index in [0.29, 0.717) is 43.1 Å². The smallest absolute Gasteiger partial charge is 0.264 e. The Labute approximate surface area is 211 Å². The van der Waals surface area contributed by atoms with Gasteiger partial charge in [-0.1, -0.05) is 35.9 Å². The topological polar surface area (TPSA) is 110 Å². The molecule has 0 aliphatic carbocycles. The van der Waals surface area contributed by atoms with E-state index in [4.69, 9.17) is 10.5 Å². The fourth-order valence-electron chi connectivity index (χ4n) is 4.09. The number of piperidine rings is 1. The molecule has 0 bridgehead atoms. The Morgan fingerprint density at radius 2 is 1.50 bits per heavy atom. The van der Waals surface area contributed by atoms with Crippen LogP contribution in [0, 0.1) is 12.8 Å². The highest BCUT2D eigenvalue weighted by atomic mass is 32.2. The third-order valence-electron chi connectivity index (χ3n) is 6.24. The monoisotopic (exact) mass is 507 g/mol. The molecule has 8 nitrogen and oxygen atoms in total. The van der Waals surface area contributed by atoms with E-state index in [1.54, 1.807) is 41.3 Å². The molecule has 3 aromatic carbocycles. The minimum Gasteiger partial charge on any atom is -0.457 e. The van der Waals surface area contributed by atoms with E-state index in [1.165, 1.54) is 12.1 Å². The number of benzene rings is 3. The molecule has 1 aliphatic rings. The Bertz CT molecular complexity index is 1300. The van der Waals surface area contributed by atoms with E-state index >= 15 is 0 Å². The standard InChI is InChI=1S/C27H29N3O5S/c1-20-7-13-25(14-8-20)36(33,34)30(19-26(31)29-17-15-21(16-18-29)27(28)32)22-9-11-24(12-10-22)35-23-5-3-2-4-6-23/h2-14,21H,15-19H2,1H3,(H2,28,32). The van der Waals surface area contributed by atoms with E-state index in [0.717, 1.165) is 9.87 Å². The number of para-hydroxylation sites is 1. The number of rotatable bonds is 8. The second-order valence-electron chi connectivity index (χ2n) is 8.79. The number of likely N-dealkylation sites (tertiary alicyclic amines) is 1. The second-order valence-corrected chi connectivity index (χ2v) is 10.7. The van der Waals surface area contributed by atoms with Crippen LogP contribution < -0.4 is 14.8 Å². The maximum absolute atomic E-state index is 13.6. The van der Waals surface area contributed by atoms with E-state index in [1.807, 2.05) is 37.3 Å². The number of anilines is 1. The van der Waals surface area contributed by atoms with Crippen LogP contribution in [0.3, 0.4) is 0 Å². The summed E-state index contributed by atoms with van der Waals surface area (Å²) < 4.78 is 34.2. The van der Waals surface area contributed by atoms with Gasteiger partial charge in [-0.3, -0.25) is 13.9 Å². The summed E-state index contributed by atoms with van der Waals surface area (Å²) in [5, 5.41) is 0. The van der Waals surface area contributed by atoms with Crippen LogP contribution in [-0.4, -0.2) is 44.8 Å². The van der Waals surface area contributed by atoms with Crippen LogP contribution >= 0.6 is 0 Å². The zero-order valence-electron chi connectivity index (χ0n) is 20.0. The fraction of sp³-hybridized carbons (Fsp3) is 0.259. The molecule has 0 aromatic heterocycles. The lowest BCUT2D eigenvalue weighted by Crippen LogP contribution is -2.47. The summed E-state index contributed by atoms with van der Waals surface area (Å²) in [6.45, 7) is 2.22. The van der Waals surface area contributed by atoms with Gasteiger partial charge in [0.05, 0.1) is 10.6 Å². The minimum atomic E-state index is -4.03. The Balaban J connectivity index is 1.59. The first-order valence-corrected chi connectivity index (χ1v) is 13.2. The van der Waals surface area contributed by atoms with Gasteiger partial charge in [-0.15, -0.1) is 0 Å². The van der Waals surface area contributed by atoms with Gasteiger partial charge in [0.2, 0.25) is 11.8 Å². The van der Waals surface area contributed by atoms with Crippen molar-refractivity contribution in [3.63, 3.8) is 0 Å². The summed E-state index contributed by atoms with van der Waals surface area (Å²) in [5.41, 5.74) is 6.67. The molecular formula is C27H29N3O5S. The molecule has 1 fully saturated rings. The lowest BCUT2D eigenvalue weighted by atomic mass is 9.96. The fourth-order valence-corrected chi connectivity index (χ4v) is 5.51. The van der Waals surface area contributed by atoms with Crippen LogP contribution in [0.1, 0.15) is 18.4 Å². The predicted molar refractivity (Wildman–Crippen MR) is 137 cm³/mol. The minimum absolute atomic E-state index is 0.0953. The molecule has 1 heterocycles. The molecule has 2 N–H and O–H groups in total. The van der Waals surface area contributed by atoms with Crippen LogP contribution in [0.4, 0.5) is 5.69 Å². The number of primary amides is 1. The normalized spacial score (nSPS) is 14.3. The van der Waals surface area contributed by atoms with E-state index in [-0.39, 0.29) is 29.2 Å². The number of hydrogen-bond donors (Lipinski definition) is 1. The second kappa shape index (κ2) is 10.8. The summed E-state index contributed by atoms with van der Waals surface area (Å²) >= 11 is 0. The van der Waals surface area contributed by atoms with Gasteiger partial charge in [-0.2, -0.15) is 0 Å². The molecule has 1 saturated heterocycles. The largest absolute Gasteiger partial charge is 0.457 e. The molecule has 9 heteroatoms. The van der Waals surface area contributed by atoms with Crippen molar-refractivity contribution in [3.05, 3.63) is 84.4 Å². The summed E-state index contributed by atoms with van der Waals surface area (Å²) in [6, 6.07) is 22.3. The predicted octanol–water partition coefficient (Wildman–Crippen LogP) is 3.71. The van der Waals surface area contributed by atoms with Crippen molar-refractivity contribution >= 4 is 27.5 Å². The quantitative estimate of drug-likeness (QED) is 0.500. The summed E-state index contributed by atoms with van der Waals surface area (Å²) in [7, 11) is -4.03. The molecule has 2 amide bonds. The zero-order valence-corrected chi connectivity index (χ0v) is 20.9. The van der Waals surface area contributed by atoms with Gasteiger partial charge in [0, 0.05) is 19.0 Å². The van der Waals surface area contributed by atoms with Crippen molar-refractivity contribution in [3.8, 4) is 11.5 Å². The Morgan fingerprint density at radius 1 is 0.917 bits per heavy atom. The average Bonchev–Trinajstić information content (AvgIpc) is 2.88. The molecule has 1 aliphatic heterocycles. The van der Waals surface area contributed by atoms with Gasteiger partial charge < -0.3 is 15.4 Å². The Hall–Kier alpha value is -3.85. The molecule has 0 saturated carbocycles. The van der Waals surface area contributed by atoms with Crippen molar-refractivity contribution in [2.24, 2.45) is 11.7 Å². The van der Waals surface area contributed by atoms with Crippen LogP contribution in [0.5, 0.6) is 11.5 Å². The number of nitrogens with zero attached hydrogens (tertiary/aromatic N) is 2. The van der Waals surface area contributed by atoms with Crippen LogP contribution in [-0.2, 0) is 19.6 Å². The highest BCUT2D eigenvalue weighted by Crippen LogP contribution is 2.29. The van der Waals surface area contributed by atoms with E-state index < -0.39 is 10.0 Å². The van der Waals surface area contributed by atoms with E-state index in [2.05, 4.69) is 0 Å². The third-order valence-corrected chi connectivity index (χ3v) is 8.03. The van der Waals surface area contributed by atoms with Gasteiger partial charge in [0.1, 0.15) is 18.0 Å². The molecule has 36 heavy (non-hydrogen) atoms. The van der Waals surface area contributed by atoms with Crippen molar-refractivity contribution in [1.82, 2.24) is 4.90 Å². The Morgan fingerprint density at radius 3 is 2.08 bits per heavy atom. The first kappa shape index (κ1) is 25.2. The summed E-state index contributed by atoms with van der Waals surface area (Å²) in [5.74, 6) is 0.224. The molecular weight excluding hydrogens is 478 g/mol. The maximum atomic E-state index is 13.6. The number of ether oxygens (including phenoxy) is 1. The molecule has 4 rings (SSSR count). The van der Waals surface area contributed by atoms with Gasteiger partial charge in [0.15, 0.2) is 0 Å². The number of carbonyl (C=O) groups is 2. The number of carbonyl (C=O) groups excluding carboxylic acids is 2. The van der Waals surface area contributed by atoms with Gasteiger partial charge >= 0.3 is 0 Å². The SMILES string of the molecule is Cc1ccc(S(=O)(=O)N(CC(=O)N2CCC(C(N)=O)CC2)c2ccc(Oc3ccccc3)cc2)cc1. The number of sulfonamides is 1. The summed E-state index contributed by atoms with van der Waals surface area (Å²) in [6.07, 6.45) is 0.939. The lowest BCUT2D eigenvalue weighted by molar-refractivity contribution is -0.133. The highest BCUT2D eigenvalue weighted by molar-refractivity contribution is 7.92. The van der Waals surface area contributed by atoms with Gasteiger partial charge in [-0.25, -0.2) is 8.42 Å². The number of nitrogens with two attached hydrogens (primary N) is 1. The number of amides is 2. The van der Waals surface area contributed by atoms with Crippen LogP contribution in [0.2, 0.25) is 0 Å².